The van der Waals surface area contributed by atoms with Crippen LogP contribution in [-0.2, 0) is 9.59 Å². The van der Waals surface area contributed by atoms with Gasteiger partial charge in [-0.05, 0) is 17.5 Å². The van der Waals surface area contributed by atoms with Crippen molar-refractivity contribution in [2.45, 2.75) is 12.5 Å². The van der Waals surface area contributed by atoms with E-state index in [-0.39, 0.29) is 31.0 Å². The molecule has 1 heterocycles. The summed E-state index contributed by atoms with van der Waals surface area (Å²) in [5.41, 5.74) is 7.99. The summed E-state index contributed by atoms with van der Waals surface area (Å²) in [7, 11) is 0. The van der Waals surface area contributed by atoms with Crippen molar-refractivity contribution < 1.29 is 23.5 Å². The number of carboxylic acids is 1. The number of amides is 1. The third-order valence-electron chi connectivity index (χ3n) is 3.44. The van der Waals surface area contributed by atoms with E-state index in [1.165, 1.54) is 0 Å². The average molecular weight is 310 g/mol. The van der Waals surface area contributed by atoms with Crippen molar-refractivity contribution in [1.29, 1.82) is 0 Å². The van der Waals surface area contributed by atoms with Gasteiger partial charge in [0, 0.05) is 36.1 Å². The Morgan fingerprint density at radius 3 is 2.86 bits per heavy atom. The predicted molar refractivity (Wildman–Crippen MR) is 70.6 cm³/mol. The molecule has 1 N–H and O–H groups in total. The molecule has 1 aliphatic rings. The van der Waals surface area contributed by atoms with Crippen LogP contribution >= 0.6 is 0 Å². The summed E-state index contributed by atoms with van der Waals surface area (Å²) in [5, 5.41) is 12.7. The smallest absolute Gasteiger partial charge is 0.331 e. The number of halogens is 2. The molecule has 2 unspecified atom stereocenters. The minimum absolute atomic E-state index is 0.0195. The van der Waals surface area contributed by atoms with E-state index in [4.69, 9.17) is 5.53 Å². The van der Waals surface area contributed by atoms with E-state index >= 15 is 0 Å². The van der Waals surface area contributed by atoms with Crippen LogP contribution in [0, 0.1) is 17.6 Å². The lowest BCUT2D eigenvalue weighted by Gasteiger charge is -2.25. The number of nitrogens with zero attached hydrogens (tertiary/aromatic N) is 4. The van der Waals surface area contributed by atoms with Gasteiger partial charge in [-0.2, -0.15) is 0 Å². The van der Waals surface area contributed by atoms with Gasteiger partial charge in [-0.15, -0.1) is 0 Å². The molecule has 1 saturated heterocycles. The standard InChI is InChI=1S/C13H12F2N4O3/c14-8-1-2-9(10(15)4-8)12(13(21)22)19-6-7(3-11(19)20)5-17-18-16/h1-2,4,7,12H,3,5-6H2,(H,21,22). The van der Waals surface area contributed by atoms with Crippen LogP contribution in [-0.4, -0.2) is 35.0 Å². The SMILES string of the molecule is [N-]=[N+]=NCC1CC(=O)N(C(C(=O)O)c2ccc(F)cc2F)C1. The first kappa shape index (κ1) is 15.7. The van der Waals surface area contributed by atoms with E-state index in [0.29, 0.717) is 6.07 Å². The summed E-state index contributed by atoms with van der Waals surface area (Å²) < 4.78 is 26.8. The first-order valence-corrected chi connectivity index (χ1v) is 6.42. The molecular weight excluding hydrogens is 298 g/mol. The minimum atomic E-state index is -1.54. The fourth-order valence-corrected chi connectivity index (χ4v) is 2.49. The number of hydrogen-bond donors (Lipinski definition) is 1. The van der Waals surface area contributed by atoms with Crippen molar-refractivity contribution in [1.82, 2.24) is 4.90 Å². The Hall–Kier alpha value is -2.67. The molecule has 0 aromatic heterocycles. The Labute approximate surface area is 123 Å². The topological polar surface area (TPSA) is 106 Å². The summed E-state index contributed by atoms with van der Waals surface area (Å²) in [6, 6.07) is 0.983. The molecule has 116 valence electrons. The molecule has 1 aliphatic heterocycles. The predicted octanol–water partition coefficient (Wildman–Crippen LogP) is 2.25. The Morgan fingerprint density at radius 2 is 2.27 bits per heavy atom. The lowest BCUT2D eigenvalue weighted by atomic mass is 10.0. The van der Waals surface area contributed by atoms with Crippen LogP contribution < -0.4 is 0 Å². The van der Waals surface area contributed by atoms with Crippen LogP contribution in [0.1, 0.15) is 18.0 Å². The van der Waals surface area contributed by atoms with Gasteiger partial charge in [-0.1, -0.05) is 11.2 Å². The number of likely N-dealkylation sites (tertiary alicyclic amines) is 1. The first-order valence-electron chi connectivity index (χ1n) is 6.42. The second-order valence-corrected chi connectivity index (χ2v) is 4.94. The summed E-state index contributed by atoms with van der Waals surface area (Å²) >= 11 is 0. The van der Waals surface area contributed by atoms with Gasteiger partial charge >= 0.3 is 5.97 Å². The molecule has 1 amide bonds. The van der Waals surface area contributed by atoms with Gasteiger partial charge in [0.05, 0.1) is 0 Å². The number of carboxylic acid groups (broad SMARTS) is 1. The van der Waals surface area contributed by atoms with Crippen LogP contribution in [0.25, 0.3) is 10.4 Å². The molecule has 2 atom stereocenters. The number of aliphatic carboxylic acids is 1. The fourth-order valence-electron chi connectivity index (χ4n) is 2.49. The Balaban J connectivity index is 2.30. The van der Waals surface area contributed by atoms with E-state index in [0.717, 1.165) is 17.0 Å². The Kier molecular flexibility index (Phi) is 4.57. The summed E-state index contributed by atoms with van der Waals surface area (Å²) in [4.78, 5) is 27.0. The van der Waals surface area contributed by atoms with Crippen LogP contribution in [0.15, 0.2) is 23.3 Å². The number of hydrogen-bond acceptors (Lipinski definition) is 3. The zero-order valence-corrected chi connectivity index (χ0v) is 11.3. The monoisotopic (exact) mass is 310 g/mol. The second kappa shape index (κ2) is 6.40. The van der Waals surface area contributed by atoms with Gasteiger partial charge in [0.25, 0.3) is 0 Å². The van der Waals surface area contributed by atoms with E-state index in [1.54, 1.807) is 0 Å². The molecule has 0 spiro atoms. The highest BCUT2D eigenvalue weighted by atomic mass is 19.1. The van der Waals surface area contributed by atoms with Crippen LogP contribution in [0.2, 0.25) is 0 Å². The molecule has 1 aromatic carbocycles. The van der Waals surface area contributed by atoms with Gasteiger partial charge < -0.3 is 10.0 Å². The summed E-state index contributed by atoms with van der Waals surface area (Å²) in [5.74, 6) is -4.08. The normalized spacial score (nSPS) is 18.9. The van der Waals surface area contributed by atoms with Gasteiger partial charge in [0.1, 0.15) is 11.6 Å². The van der Waals surface area contributed by atoms with Gasteiger partial charge in [-0.3, -0.25) is 4.79 Å². The molecule has 2 rings (SSSR count). The van der Waals surface area contributed by atoms with Gasteiger partial charge in [0.15, 0.2) is 6.04 Å². The third kappa shape index (κ3) is 3.15. The lowest BCUT2D eigenvalue weighted by molar-refractivity contribution is -0.148. The molecule has 1 fully saturated rings. The van der Waals surface area contributed by atoms with Crippen molar-refractivity contribution in [3.05, 3.63) is 45.8 Å². The van der Waals surface area contributed by atoms with Crippen LogP contribution in [0.5, 0.6) is 0 Å². The number of carbonyl (C=O) groups excluding carboxylic acids is 1. The Morgan fingerprint density at radius 1 is 1.55 bits per heavy atom. The number of benzene rings is 1. The molecular formula is C13H12F2N4O3. The van der Waals surface area contributed by atoms with E-state index in [1.807, 2.05) is 0 Å². The molecule has 9 heteroatoms. The first-order chi connectivity index (χ1) is 10.4. The number of carbonyl (C=O) groups is 2. The highest BCUT2D eigenvalue weighted by Gasteiger charge is 2.39. The number of rotatable bonds is 5. The fraction of sp³-hybridized carbons (Fsp3) is 0.385. The van der Waals surface area contributed by atoms with Crippen molar-refractivity contribution in [2.75, 3.05) is 13.1 Å². The maximum atomic E-state index is 13.8. The largest absolute Gasteiger partial charge is 0.479 e. The maximum Gasteiger partial charge on any atom is 0.331 e. The quantitative estimate of drug-likeness (QED) is 0.512. The van der Waals surface area contributed by atoms with Crippen molar-refractivity contribution in [3.8, 4) is 0 Å². The summed E-state index contributed by atoms with van der Waals surface area (Å²) in [6.07, 6.45) is 0.0195. The van der Waals surface area contributed by atoms with Crippen LogP contribution in [0.3, 0.4) is 0 Å². The molecule has 0 radical (unpaired) electrons. The molecule has 7 nitrogen and oxygen atoms in total. The highest BCUT2D eigenvalue weighted by molar-refractivity contribution is 5.86. The lowest BCUT2D eigenvalue weighted by Crippen LogP contribution is -2.36. The van der Waals surface area contributed by atoms with E-state index in [2.05, 4.69) is 10.0 Å². The molecule has 0 saturated carbocycles. The summed E-state index contributed by atoms with van der Waals surface area (Å²) in [6.45, 7) is 0.0859. The maximum absolute atomic E-state index is 13.8. The average Bonchev–Trinajstić information content (AvgIpc) is 2.80. The third-order valence-corrected chi connectivity index (χ3v) is 3.44. The minimum Gasteiger partial charge on any atom is -0.479 e. The van der Waals surface area contributed by atoms with Crippen molar-refractivity contribution >= 4 is 11.9 Å². The highest BCUT2D eigenvalue weighted by Crippen LogP contribution is 2.31. The molecule has 1 aromatic rings. The number of azide groups is 1. The second-order valence-electron chi connectivity index (χ2n) is 4.94. The molecule has 0 bridgehead atoms. The van der Waals surface area contributed by atoms with Gasteiger partial charge in [0.2, 0.25) is 5.91 Å². The molecule has 0 aliphatic carbocycles. The van der Waals surface area contributed by atoms with E-state index < -0.39 is 29.6 Å². The van der Waals surface area contributed by atoms with E-state index in [9.17, 15) is 23.5 Å². The van der Waals surface area contributed by atoms with Crippen LogP contribution in [0.4, 0.5) is 8.78 Å². The van der Waals surface area contributed by atoms with Crippen molar-refractivity contribution in [2.24, 2.45) is 11.0 Å². The molecule has 22 heavy (non-hydrogen) atoms. The zero-order valence-electron chi connectivity index (χ0n) is 11.3. The van der Waals surface area contributed by atoms with Crippen molar-refractivity contribution in [3.63, 3.8) is 0 Å². The Bertz CT molecular complexity index is 661. The zero-order chi connectivity index (χ0) is 16.3. The van der Waals surface area contributed by atoms with Gasteiger partial charge in [-0.25, -0.2) is 13.6 Å².